The average Bonchev–Trinajstić information content (AvgIpc) is 3.75. The van der Waals surface area contributed by atoms with Crippen molar-refractivity contribution < 1.29 is 23.7 Å². The quantitative estimate of drug-likeness (QED) is 0.118. The number of hydrogen-bond donors (Lipinski definition) is 1. The van der Waals surface area contributed by atoms with Crippen LogP contribution < -0.4 is 5.32 Å². The number of nitro benzene ring substituents is 1. The van der Waals surface area contributed by atoms with Crippen molar-refractivity contribution in [2.45, 2.75) is 56.7 Å². The number of carbonyl (C=O) groups is 3. The Morgan fingerprint density at radius 1 is 0.913 bits per heavy atom. The first-order chi connectivity index (χ1) is 22.3. The summed E-state index contributed by atoms with van der Waals surface area (Å²) >= 11 is 1.41. The molecule has 3 aromatic carbocycles. The molecule has 2 aliphatic rings. The fraction of sp³-hybridized carbons (Fsp3) is 0.306. The molecule has 2 amide bonds. The molecule has 0 radical (unpaired) electrons. The first kappa shape index (κ1) is 31.3. The van der Waals surface area contributed by atoms with E-state index in [0.29, 0.717) is 29.5 Å². The third-order valence-corrected chi connectivity index (χ3v) is 10.1. The van der Waals surface area contributed by atoms with Gasteiger partial charge in [0.15, 0.2) is 5.78 Å². The second-order valence-corrected chi connectivity index (χ2v) is 12.9. The lowest BCUT2D eigenvalue weighted by Crippen LogP contribution is -2.50. The molecule has 10 heteroatoms. The van der Waals surface area contributed by atoms with Crippen molar-refractivity contribution in [2.24, 2.45) is 11.8 Å². The monoisotopic (exact) mass is 639 g/mol. The van der Waals surface area contributed by atoms with Crippen LogP contribution >= 0.6 is 11.3 Å². The number of rotatable bonds is 9. The van der Waals surface area contributed by atoms with Gasteiger partial charge in [0.1, 0.15) is 11.9 Å². The molecule has 236 valence electrons. The summed E-state index contributed by atoms with van der Waals surface area (Å²) in [6, 6.07) is 22.4. The molecule has 0 spiro atoms. The van der Waals surface area contributed by atoms with Crippen LogP contribution in [-0.2, 0) is 16.1 Å². The smallest absolute Gasteiger partial charge is 0.269 e. The Hall–Kier alpha value is -4.70. The molecule has 4 aromatic rings. The van der Waals surface area contributed by atoms with Gasteiger partial charge in [-0.3, -0.25) is 24.5 Å². The molecule has 2 heterocycles. The van der Waals surface area contributed by atoms with Gasteiger partial charge in [-0.25, -0.2) is 4.39 Å². The van der Waals surface area contributed by atoms with Gasteiger partial charge < -0.3 is 10.2 Å². The number of carbonyl (C=O) groups excluding carboxylic acids is 3. The van der Waals surface area contributed by atoms with Gasteiger partial charge in [-0.05, 0) is 47.5 Å². The van der Waals surface area contributed by atoms with E-state index in [4.69, 9.17) is 0 Å². The minimum Gasteiger partial charge on any atom is -0.350 e. The third kappa shape index (κ3) is 6.35. The van der Waals surface area contributed by atoms with Crippen molar-refractivity contribution in [3.63, 3.8) is 0 Å². The van der Waals surface area contributed by atoms with Gasteiger partial charge in [0.25, 0.3) is 5.69 Å². The number of likely N-dealkylation sites (tertiary alicyclic amines) is 1. The van der Waals surface area contributed by atoms with Gasteiger partial charge in [-0.2, -0.15) is 0 Å². The number of nitrogens with zero attached hydrogens (tertiary/aromatic N) is 2. The molecule has 1 aliphatic carbocycles. The molecule has 1 saturated carbocycles. The number of thiophene rings is 1. The number of non-ortho nitro benzene ring substituents is 1. The van der Waals surface area contributed by atoms with E-state index in [9.17, 15) is 28.9 Å². The van der Waals surface area contributed by atoms with Crippen LogP contribution in [-0.4, -0.2) is 33.5 Å². The Kier molecular flexibility index (Phi) is 9.35. The standard InChI is InChI=1S/C36H34FN3O5S/c37-27-18-16-23(17-19-27)22-38-35(42)33-30(26-13-7-14-28(21-26)40(44)45)31(34(41)24-9-3-1-4-10-24)32(29-15-8-20-46-29)39(33)36(43)25-11-5-2-6-12-25/h1,3-4,7-10,13-21,25,30-33H,2,5-6,11-12,22H2,(H,38,42). The summed E-state index contributed by atoms with van der Waals surface area (Å²) < 4.78 is 13.6. The normalized spacial score (nSPS) is 21.5. The van der Waals surface area contributed by atoms with Crippen LogP contribution in [0.5, 0.6) is 0 Å². The van der Waals surface area contributed by atoms with Crippen LogP contribution in [0, 0.1) is 27.8 Å². The summed E-state index contributed by atoms with van der Waals surface area (Å²) in [6.45, 7) is 0.0731. The highest BCUT2D eigenvalue weighted by atomic mass is 32.1. The van der Waals surface area contributed by atoms with Crippen LogP contribution in [0.15, 0.2) is 96.4 Å². The Labute approximate surface area is 270 Å². The number of benzene rings is 3. The first-order valence-electron chi connectivity index (χ1n) is 15.5. The SMILES string of the molecule is O=C(c1ccccc1)C1C(c2cccc([N+](=O)[O-])c2)C(C(=O)NCc2ccc(F)cc2)N(C(=O)C2CCCCC2)C1c1cccs1. The van der Waals surface area contributed by atoms with Crippen LogP contribution in [0.1, 0.15) is 70.4 Å². The molecule has 2 fully saturated rings. The van der Waals surface area contributed by atoms with E-state index < -0.39 is 40.6 Å². The van der Waals surface area contributed by atoms with E-state index in [2.05, 4.69) is 5.32 Å². The molecule has 8 nitrogen and oxygen atoms in total. The summed E-state index contributed by atoms with van der Waals surface area (Å²) in [5, 5.41) is 16.7. The summed E-state index contributed by atoms with van der Waals surface area (Å²) in [5.74, 6) is -3.40. The largest absolute Gasteiger partial charge is 0.350 e. The minimum atomic E-state index is -1.14. The fourth-order valence-electron chi connectivity index (χ4n) is 7.04. The predicted octanol–water partition coefficient (Wildman–Crippen LogP) is 7.23. The zero-order valence-electron chi connectivity index (χ0n) is 25.1. The summed E-state index contributed by atoms with van der Waals surface area (Å²) in [5.41, 5.74) is 1.36. The Bertz CT molecular complexity index is 1710. The number of Topliss-reactive ketones (excluding diaryl/α,β-unsaturated/α-hetero) is 1. The zero-order valence-corrected chi connectivity index (χ0v) is 25.9. The lowest BCUT2D eigenvalue weighted by atomic mass is 9.77. The Morgan fingerprint density at radius 3 is 2.33 bits per heavy atom. The van der Waals surface area contributed by atoms with E-state index in [-0.39, 0.29) is 29.8 Å². The number of nitrogens with one attached hydrogen (secondary N) is 1. The highest BCUT2D eigenvalue weighted by molar-refractivity contribution is 7.10. The number of amides is 2. The Morgan fingerprint density at radius 2 is 1.65 bits per heavy atom. The highest BCUT2D eigenvalue weighted by Gasteiger charge is 2.58. The number of ketones is 1. The minimum absolute atomic E-state index is 0.0731. The molecule has 1 saturated heterocycles. The maximum absolute atomic E-state index is 14.7. The highest BCUT2D eigenvalue weighted by Crippen LogP contribution is 2.53. The zero-order chi connectivity index (χ0) is 32.2. The lowest BCUT2D eigenvalue weighted by molar-refractivity contribution is -0.384. The summed E-state index contributed by atoms with van der Waals surface area (Å²) in [6.07, 6.45) is 4.21. The van der Waals surface area contributed by atoms with Crippen LogP contribution in [0.2, 0.25) is 0 Å². The van der Waals surface area contributed by atoms with E-state index in [1.165, 1.54) is 35.6 Å². The summed E-state index contributed by atoms with van der Waals surface area (Å²) in [4.78, 5) is 57.6. The van der Waals surface area contributed by atoms with Crippen LogP contribution in [0.25, 0.3) is 0 Å². The van der Waals surface area contributed by atoms with Crippen molar-refractivity contribution >= 4 is 34.6 Å². The fourth-order valence-corrected chi connectivity index (χ4v) is 7.91. The van der Waals surface area contributed by atoms with Crippen molar-refractivity contribution in [1.82, 2.24) is 10.2 Å². The molecule has 1 aliphatic heterocycles. The molecule has 1 N–H and O–H groups in total. The molecule has 4 unspecified atom stereocenters. The number of nitro groups is 1. The molecule has 0 bridgehead atoms. The Balaban J connectivity index is 1.53. The van der Waals surface area contributed by atoms with Gasteiger partial charge in [-0.1, -0.05) is 79.9 Å². The van der Waals surface area contributed by atoms with E-state index in [1.54, 1.807) is 53.4 Å². The van der Waals surface area contributed by atoms with Gasteiger partial charge in [0.2, 0.25) is 11.8 Å². The number of halogens is 1. The van der Waals surface area contributed by atoms with Gasteiger partial charge in [-0.15, -0.1) is 11.3 Å². The number of hydrogen-bond acceptors (Lipinski definition) is 6. The van der Waals surface area contributed by atoms with Gasteiger partial charge in [0, 0.05) is 41.0 Å². The molecule has 1 aromatic heterocycles. The predicted molar refractivity (Wildman–Crippen MR) is 173 cm³/mol. The van der Waals surface area contributed by atoms with E-state index >= 15 is 0 Å². The summed E-state index contributed by atoms with van der Waals surface area (Å²) in [7, 11) is 0. The second kappa shape index (κ2) is 13.7. The van der Waals surface area contributed by atoms with E-state index in [1.807, 2.05) is 23.6 Å². The van der Waals surface area contributed by atoms with Crippen LogP contribution in [0.3, 0.4) is 0 Å². The van der Waals surface area contributed by atoms with Crippen molar-refractivity contribution in [2.75, 3.05) is 0 Å². The molecular formula is C36H34FN3O5S. The first-order valence-corrected chi connectivity index (χ1v) is 16.4. The van der Waals surface area contributed by atoms with Crippen molar-refractivity contribution in [3.05, 3.63) is 134 Å². The van der Waals surface area contributed by atoms with E-state index in [0.717, 1.165) is 24.1 Å². The molecule has 4 atom stereocenters. The van der Waals surface area contributed by atoms with Gasteiger partial charge >= 0.3 is 0 Å². The second-order valence-electron chi connectivity index (χ2n) is 12.0. The molecule has 46 heavy (non-hydrogen) atoms. The molecular weight excluding hydrogens is 605 g/mol. The maximum Gasteiger partial charge on any atom is 0.269 e. The van der Waals surface area contributed by atoms with Crippen molar-refractivity contribution in [3.8, 4) is 0 Å². The topological polar surface area (TPSA) is 110 Å². The lowest BCUT2D eigenvalue weighted by Gasteiger charge is -2.35. The van der Waals surface area contributed by atoms with Crippen molar-refractivity contribution in [1.29, 1.82) is 0 Å². The molecule has 6 rings (SSSR count). The third-order valence-electron chi connectivity index (χ3n) is 9.19. The van der Waals surface area contributed by atoms with Crippen LogP contribution in [0.4, 0.5) is 10.1 Å². The average molecular weight is 640 g/mol. The maximum atomic E-state index is 14.7. The van der Waals surface area contributed by atoms with Gasteiger partial charge in [0.05, 0.1) is 16.9 Å².